The second-order valence-electron chi connectivity index (χ2n) is 6.61. The van der Waals surface area contributed by atoms with E-state index < -0.39 is 0 Å². The quantitative estimate of drug-likeness (QED) is 0.888. The van der Waals surface area contributed by atoms with Gasteiger partial charge in [-0.1, -0.05) is 24.3 Å². The first-order valence-corrected chi connectivity index (χ1v) is 7.88. The average molecular weight is 273 g/mol. The number of hydrogen-bond donors (Lipinski definition) is 1. The zero-order chi connectivity index (χ0) is 14.1. The summed E-state index contributed by atoms with van der Waals surface area (Å²) in [5.41, 5.74) is 3.05. The van der Waals surface area contributed by atoms with Crippen LogP contribution in [0, 0.1) is 0 Å². The summed E-state index contributed by atoms with van der Waals surface area (Å²) in [6.07, 6.45) is 0. The summed E-state index contributed by atoms with van der Waals surface area (Å²) in [5.74, 6) is 0.641. The van der Waals surface area contributed by atoms with Gasteiger partial charge in [0.2, 0.25) is 0 Å². The third kappa shape index (κ3) is 2.76. The normalized spacial score (nSPS) is 32.0. The van der Waals surface area contributed by atoms with Gasteiger partial charge in [0.15, 0.2) is 0 Å². The third-order valence-electron chi connectivity index (χ3n) is 5.12. The molecule has 2 aliphatic rings. The Bertz CT molecular complexity index is 447. The highest BCUT2D eigenvalue weighted by Gasteiger charge is 2.29. The van der Waals surface area contributed by atoms with E-state index >= 15 is 0 Å². The molecule has 0 aliphatic carbocycles. The second-order valence-corrected chi connectivity index (χ2v) is 6.61. The molecule has 0 radical (unpaired) electrons. The monoisotopic (exact) mass is 273 g/mol. The molecule has 1 N–H and O–H groups in total. The first kappa shape index (κ1) is 14.1. The Morgan fingerprint density at radius 1 is 1.15 bits per heavy atom. The van der Waals surface area contributed by atoms with Gasteiger partial charge >= 0.3 is 0 Å². The van der Waals surface area contributed by atoms with Crippen LogP contribution < -0.4 is 5.32 Å². The van der Waals surface area contributed by atoms with E-state index in [1.807, 2.05) is 0 Å². The maximum atomic E-state index is 3.57. The van der Waals surface area contributed by atoms with E-state index in [1.54, 1.807) is 5.56 Å². The highest BCUT2D eigenvalue weighted by Crippen LogP contribution is 2.26. The number of piperazine rings is 1. The zero-order valence-electron chi connectivity index (χ0n) is 13.0. The van der Waals surface area contributed by atoms with Gasteiger partial charge in [-0.05, 0) is 32.0 Å². The maximum absolute atomic E-state index is 3.57. The molecule has 1 saturated heterocycles. The number of fused-ring (bicyclic) bond motifs is 1. The van der Waals surface area contributed by atoms with Crippen molar-refractivity contribution in [3.8, 4) is 0 Å². The lowest BCUT2D eigenvalue weighted by atomic mass is 9.90. The number of benzene rings is 1. The van der Waals surface area contributed by atoms with Crippen molar-refractivity contribution in [2.24, 2.45) is 0 Å². The van der Waals surface area contributed by atoms with Crippen molar-refractivity contribution < 1.29 is 0 Å². The molecule has 0 spiro atoms. The van der Waals surface area contributed by atoms with E-state index in [-0.39, 0.29) is 0 Å². The van der Waals surface area contributed by atoms with Gasteiger partial charge in [0.05, 0.1) is 0 Å². The van der Waals surface area contributed by atoms with E-state index in [1.165, 1.54) is 25.2 Å². The van der Waals surface area contributed by atoms with Crippen molar-refractivity contribution in [3.05, 3.63) is 35.4 Å². The molecular weight excluding hydrogens is 246 g/mol. The second kappa shape index (κ2) is 5.84. The molecule has 0 saturated carbocycles. The van der Waals surface area contributed by atoms with Crippen molar-refractivity contribution in [1.82, 2.24) is 15.1 Å². The highest BCUT2D eigenvalue weighted by molar-refractivity contribution is 5.33. The average Bonchev–Trinajstić information content (AvgIpc) is 2.45. The van der Waals surface area contributed by atoms with E-state index in [2.05, 4.69) is 60.3 Å². The number of nitrogens with one attached hydrogen (secondary N) is 1. The van der Waals surface area contributed by atoms with E-state index in [4.69, 9.17) is 0 Å². The largest absolute Gasteiger partial charge is 0.312 e. The minimum absolute atomic E-state index is 0.641. The lowest BCUT2D eigenvalue weighted by Crippen LogP contribution is -2.56. The van der Waals surface area contributed by atoms with Crippen LogP contribution in [0.2, 0.25) is 0 Å². The molecule has 0 bridgehead atoms. The van der Waals surface area contributed by atoms with E-state index in [9.17, 15) is 0 Å². The van der Waals surface area contributed by atoms with Crippen LogP contribution in [0.4, 0.5) is 0 Å². The van der Waals surface area contributed by atoms with Gasteiger partial charge in [0.1, 0.15) is 0 Å². The molecule has 2 aliphatic heterocycles. The molecule has 3 heteroatoms. The molecule has 2 heterocycles. The van der Waals surface area contributed by atoms with Crippen LogP contribution in [0.3, 0.4) is 0 Å². The van der Waals surface area contributed by atoms with E-state index in [0.29, 0.717) is 18.0 Å². The third-order valence-corrected chi connectivity index (χ3v) is 5.12. The minimum Gasteiger partial charge on any atom is -0.312 e. The zero-order valence-corrected chi connectivity index (χ0v) is 13.0. The fourth-order valence-electron chi connectivity index (χ4n) is 3.72. The Morgan fingerprint density at radius 3 is 2.60 bits per heavy atom. The van der Waals surface area contributed by atoms with Crippen LogP contribution in [-0.2, 0) is 6.54 Å². The Balaban J connectivity index is 1.70. The standard InChI is InChI=1S/C17H27N3/c1-13-10-20(11-14(2)19(13)3)12-16-9-18-8-15-6-4-5-7-17(15)16/h4-7,13-14,16,18H,8-12H2,1-3H3. The van der Waals surface area contributed by atoms with Gasteiger partial charge in [-0.25, -0.2) is 0 Å². The van der Waals surface area contributed by atoms with Crippen LogP contribution >= 0.6 is 0 Å². The molecule has 3 unspecified atom stereocenters. The summed E-state index contributed by atoms with van der Waals surface area (Å²) < 4.78 is 0. The van der Waals surface area contributed by atoms with Gasteiger partial charge in [-0.2, -0.15) is 0 Å². The summed E-state index contributed by atoms with van der Waals surface area (Å²) in [5, 5.41) is 3.57. The summed E-state index contributed by atoms with van der Waals surface area (Å²) in [4.78, 5) is 5.16. The van der Waals surface area contributed by atoms with E-state index in [0.717, 1.165) is 13.1 Å². The maximum Gasteiger partial charge on any atom is 0.0208 e. The summed E-state index contributed by atoms with van der Waals surface area (Å²) >= 11 is 0. The van der Waals surface area contributed by atoms with Crippen molar-refractivity contribution in [3.63, 3.8) is 0 Å². The van der Waals surface area contributed by atoms with Gasteiger partial charge in [-0.15, -0.1) is 0 Å². The lowest BCUT2D eigenvalue weighted by molar-refractivity contribution is 0.0558. The molecule has 3 rings (SSSR count). The molecule has 1 fully saturated rings. The first-order chi connectivity index (χ1) is 9.65. The van der Waals surface area contributed by atoms with Crippen LogP contribution in [0.15, 0.2) is 24.3 Å². The molecule has 0 aromatic heterocycles. The lowest BCUT2D eigenvalue weighted by Gasteiger charge is -2.44. The molecule has 1 aromatic rings. The molecule has 3 nitrogen and oxygen atoms in total. The van der Waals surface area contributed by atoms with Gasteiger partial charge in [-0.3, -0.25) is 9.80 Å². The Kier molecular flexibility index (Phi) is 4.11. The molecule has 3 atom stereocenters. The van der Waals surface area contributed by atoms with Gasteiger partial charge in [0.25, 0.3) is 0 Å². The van der Waals surface area contributed by atoms with Gasteiger partial charge in [0, 0.05) is 50.7 Å². The van der Waals surface area contributed by atoms with Crippen LogP contribution in [0.1, 0.15) is 30.9 Å². The number of likely N-dealkylation sites (N-methyl/N-ethyl adjacent to an activating group) is 1. The Morgan fingerprint density at radius 2 is 1.85 bits per heavy atom. The number of rotatable bonds is 2. The highest BCUT2D eigenvalue weighted by atomic mass is 15.3. The van der Waals surface area contributed by atoms with Gasteiger partial charge < -0.3 is 5.32 Å². The fraction of sp³-hybridized carbons (Fsp3) is 0.647. The number of nitrogens with zero attached hydrogens (tertiary/aromatic N) is 2. The van der Waals surface area contributed by atoms with Crippen molar-refractivity contribution in [2.75, 3.05) is 33.2 Å². The van der Waals surface area contributed by atoms with Crippen molar-refractivity contribution >= 4 is 0 Å². The van der Waals surface area contributed by atoms with Crippen LogP contribution in [0.25, 0.3) is 0 Å². The van der Waals surface area contributed by atoms with Crippen molar-refractivity contribution in [1.29, 1.82) is 0 Å². The Hall–Kier alpha value is -0.900. The molecule has 1 aromatic carbocycles. The number of hydrogen-bond acceptors (Lipinski definition) is 3. The molecule has 20 heavy (non-hydrogen) atoms. The predicted molar refractivity (Wildman–Crippen MR) is 84.0 cm³/mol. The smallest absolute Gasteiger partial charge is 0.0208 e. The first-order valence-electron chi connectivity index (χ1n) is 7.88. The predicted octanol–water partition coefficient (Wildman–Crippen LogP) is 1.90. The van der Waals surface area contributed by atoms with Crippen LogP contribution in [0.5, 0.6) is 0 Å². The van der Waals surface area contributed by atoms with Crippen LogP contribution in [-0.4, -0.2) is 55.1 Å². The SMILES string of the molecule is CC1CN(CC2CNCc3ccccc32)CC(C)N1C. The topological polar surface area (TPSA) is 18.5 Å². The summed E-state index contributed by atoms with van der Waals surface area (Å²) in [6, 6.07) is 10.2. The molecule has 110 valence electrons. The van der Waals surface area contributed by atoms with Crippen molar-refractivity contribution in [2.45, 2.75) is 38.4 Å². The summed E-state index contributed by atoms with van der Waals surface area (Å²) in [6.45, 7) is 10.4. The molecule has 0 amide bonds. The molecular formula is C17H27N3. The minimum atomic E-state index is 0.641. The Labute approximate surface area is 123 Å². The summed E-state index contributed by atoms with van der Waals surface area (Å²) in [7, 11) is 2.25. The fourth-order valence-corrected chi connectivity index (χ4v) is 3.72.